The molecule has 1 saturated carbocycles. The lowest BCUT2D eigenvalue weighted by Gasteiger charge is -2.14. The Morgan fingerprint density at radius 2 is 2.08 bits per heavy atom. The lowest BCUT2D eigenvalue weighted by molar-refractivity contribution is 0.102. The minimum atomic E-state index is -3.35. The summed E-state index contributed by atoms with van der Waals surface area (Å²) in [7, 11) is -0.354. The number of halogens is 1. The zero-order valence-corrected chi connectivity index (χ0v) is 21.3. The van der Waals surface area contributed by atoms with E-state index in [4.69, 9.17) is 0 Å². The molecule has 2 unspecified atom stereocenters. The summed E-state index contributed by atoms with van der Waals surface area (Å²) in [4.78, 5) is 17.4. The molecule has 2 N–H and O–H groups in total. The Bertz CT molecular complexity index is 1390. The highest BCUT2D eigenvalue weighted by Crippen LogP contribution is 2.49. The first kappa shape index (κ1) is 25.9. The van der Waals surface area contributed by atoms with Gasteiger partial charge in [0.25, 0.3) is 5.91 Å². The van der Waals surface area contributed by atoms with Gasteiger partial charge in [0.15, 0.2) is 5.82 Å². The highest BCUT2D eigenvalue weighted by atomic mass is 32.2. The van der Waals surface area contributed by atoms with E-state index in [0.29, 0.717) is 23.5 Å². The van der Waals surface area contributed by atoms with Crippen LogP contribution in [0.2, 0.25) is 0 Å². The maximum Gasteiger partial charge on any atom is 0.259 e. The van der Waals surface area contributed by atoms with Crippen molar-refractivity contribution in [3.05, 3.63) is 59.2 Å². The average molecular weight is 517 g/mol. The number of hydrogen-bond acceptors (Lipinski definition) is 7. The third-order valence-corrected chi connectivity index (χ3v) is 8.40. The quantitative estimate of drug-likeness (QED) is 0.447. The summed E-state index contributed by atoms with van der Waals surface area (Å²) >= 11 is 0. The van der Waals surface area contributed by atoms with Gasteiger partial charge in [0.05, 0.1) is 24.0 Å². The summed E-state index contributed by atoms with van der Waals surface area (Å²) in [6, 6.07) is 7.50. The van der Waals surface area contributed by atoms with Crippen molar-refractivity contribution in [3.63, 3.8) is 0 Å². The van der Waals surface area contributed by atoms with Crippen LogP contribution in [0.3, 0.4) is 0 Å². The van der Waals surface area contributed by atoms with Crippen LogP contribution in [0.5, 0.6) is 0 Å². The highest BCUT2D eigenvalue weighted by Gasteiger charge is 2.43. The number of aliphatic hydroxyl groups excluding tert-OH is 1. The van der Waals surface area contributed by atoms with Crippen molar-refractivity contribution in [2.75, 3.05) is 31.8 Å². The molecule has 0 spiro atoms. The van der Waals surface area contributed by atoms with Crippen LogP contribution in [0.1, 0.15) is 46.8 Å². The van der Waals surface area contributed by atoms with E-state index in [1.54, 1.807) is 36.6 Å². The van der Waals surface area contributed by atoms with Crippen molar-refractivity contribution in [1.82, 2.24) is 24.1 Å². The fourth-order valence-corrected chi connectivity index (χ4v) is 5.35. The molecule has 192 valence electrons. The first-order chi connectivity index (χ1) is 17.0. The molecular formula is C24H29FN6O4S. The minimum Gasteiger partial charge on any atom is -0.394 e. The van der Waals surface area contributed by atoms with Gasteiger partial charge in [-0.1, -0.05) is 6.07 Å². The summed E-state index contributed by atoms with van der Waals surface area (Å²) in [6.45, 7) is 3.44. The number of anilines is 1. The number of nitrogens with one attached hydrogen (secondary N) is 1. The van der Waals surface area contributed by atoms with E-state index in [0.717, 1.165) is 5.56 Å². The molecule has 1 aliphatic carbocycles. The number of benzene rings is 1. The molecule has 0 aliphatic heterocycles. The zero-order valence-electron chi connectivity index (χ0n) is 20.5. The van der Waals surface area contributed by atoms with Crippen molar-refractivity contribution in [1.29, 1.82) is 0 Å². The monoisotopic (exact) mass is 516 g/mol. The molecule has 1 aromatic carbocycles. The zero-order chi connectivity index (χ0) is 26.2. The van der Waals surface area contributed by atoms with Gasteiger partial charge in [-0.25, -0.2) is 22.1 Å². The molecule has 1 fully saturated rings. The SMILES string of the molecule is Cc1cc(F)c(C(=O)Nc2cccc(-c3nncn3[C@H](C)CO)n2)cc1C1CC1CS(=O)(=O)N(C)C. The summed E-state index contributed by atoms with van der Waals surface area (Å²) in [5.41, 5.74) is 1.74. The number of carbonyl (C=O) groups is 1. The van der Waals surface area contributed by atoms with E-state index >= 15 is 0 Å². The lowest BCUT2D eigenvalue weighted by Crippen LogP contribution is -2.26. The number of rotatable bonds is 9. The number of amides is 1. The molecule has 10 nitrogen and oxygen atoms in total. The van der Waals surface area contributed by atoms with Gasteiger partial charge >= 0.3 is 0 Å². The van der Waals surface area contributed by atoms with E-state index in [1.807, 2.05) is 0 Å². The van der Waals surface area contributed by atoms with Crippen molar-refractivity contribution in [2.24, 2.45) is 5.92 Å². The van der Waals surface area contributed by atoms with Crippen LogP contribution >= 0.6 is 0 Å². The van der Waals surface area contributed by atoms with E-state index in [-0.39, 0.29) is 41.6 Å². The van der Waals surface area contributed by atoms with Crippen LogP contribution in [0.4, 0.5) is 10.2 Å². The molecule has 1 aliphatic rings. The summed E-state index contributed by atoms with van der Waals surface area (Å²) in [5.74, 6) is -0.821. The third kappa shape index (κ3) is 5.30. The molecule has 1 amide bonds. The van der Waals surface area contributed by atoms with E-state index in [1.165, 1.54) is 36.9 Å². The molecule has 0 bridgehead atoms. The molecule has 12 heteroatoms. The number of nitrogens with zero attached hydrogens (tertiary/aromatic N) is 5. The summed E-state index contributed by atoms with van der Waals surface area (Å²) in [5, 5.41) is 20.0. The first-order valence-corrected chi connectivity index (χ1v) is 13.1. The van der Waals surface area contributed by atoms with Crippen molar-refractivity contribution < 1.29 is 22.7 Å². The number of sulfonamides is 1. The second kappa shape index (κ2) is 10.0. The van der Waals surface area contributed by atoms with Gasteiger partial charge in [0, 0.05) is 14.1 Å². The van der Waals surface area contributed by atoms with Gasteiger partial charge in [-0.15, -0.1) is 10.2 Å². The van der Waals surface area contributed by atoms with Crippen LogP contribution in [0.25, 0.3) is 11.5 Å². The van der Waals surface area contributed by atoms with E-state index in [2.05, 4.69) is 20.5 Å². The molecule has 4 rings (SSSR count). The highest BCUT2D eigenvalue weighted by molar-refractivity contribution is 7.89. The van der Waals surface area contributed by atoms with Gasteiger partial charge in [-0.05, 0) is 67.5 Å². The predicted molar refractivity (Wildman–Crippen MR) is 132 cm³/mol. The first-order valence-electron chi connectivity index (χ1n) is 11.5. The molecule has 2 aromatic heterocycles. The van der Waals surface area contributed by atoms with Crippen molar-refractivity contribution >= 4 is 21.7 Å². The Balaban J connectivity index is 1.54. The van der Waals surface area contributed by atoms with E-state index < -0.39 is 21.7 Å². The van der Waals surface area contributed by atoms with Crippen LogP contribution in [-0.4, -0.2) is 69.9 Å². The van der Waals surface area contributed by atoms with Crippen molar-refractivity contribution in [3.8, 4) is 11.5 Å². The maximum absolute atomic E-state index is 14.8. The smallest absolute Gasteiger partial charge is 0.259 e. The summed E-state index contributed by atoms with van der Waals surface area (Å²) in [6.07, 6.45) is 2.15. The van der Waals surface area contributed by atoms with Gasteiger partial charge in [0.1, 0.15) is 23.7 Å². The Kier molecular flexibility index (Phi) is 7.21. The van der Waals surface area contributed by atoms with Crippen LogP contribution in [-0.2, 0) is 10.0 Å². The van der Waals surface area contributed by atoms with Gasteiger partial charge in [-0.2, -0.15) is 0 Å². The van der Waals surface area contributed by atoms with E-state index in [9.17, 15) is 22.7 Å². The standard InChI is InChI=1S/C24H29FN6O4S/c1-14-8-20(25)19(10-17(14)18-9-16(18)12-36(34,35)30(3)4)24(33)28-22-7-5-6-21(27-22)23-29-26-13-31(23)15(2)11-32/h5-8,10,13,15-16,18,32H,9,11-12H2,1-4H3,(H,27,28,33)/t15-,16?,18?/m1/s1. The molecule has 36 heavy (non-hydrogen) atoms. The fourth-order valence-electron chi connectivity index (χ4n) is 4.14. The molecular weight excluding hydrogens is 487 g/mol. The molecule has 0 saturated heterocycles. The number of aromatic nitrogens is 4. The Labute approximate surface area is 209 Å². The lowest BCUT2D eigenvalue weighted by atomic mass is 9.99. The predicted octanol–water partition coefficient (Wildman–Crippen LogP) is 2.59. The third-order valence-electron chi connectivity index (χ3n) is 6.44. The van der Waals surface area contributed by atoms with Crippen LogP contribution in [0, 0.1) is 18.7 Å². The topological polar surface area (TPSA) is 130 Å². The molecule has 2 heterocycles. The average Bonchev–Trinajstić information content (AvgIpc) is 3.37. The number of carbonyl (C=O) groups excluding carboxylic acids is 1. The molecule has 3 atom stereocenters. The van der Waals surface area contributed by atoms with Crippen LogP contribution < -0.4 is 5.32 Å². The second-order valence-electron chi connectivity index (χ2n) is 9.31. The van der Waals surface area contributed by atoms with Crippen molar-refractivity contribution in [2.45, 2.75) is 32.2 Å². The van der Waals surface area contributed by atoms with Gasteiger partial charge < -0.3 is 15.0 Å². The van der Waals surface area contributed by atoms with Gasteiger partial charge in [-0.3, -0.25) is 4.79 Å². The molecule has 3 aromatic rings. The number of aliphatic hydroxyl groups is 1. The van der Waals surface area contributed by atoms with Crippen LogP contribution in [0.15, 0.2) is 36.7 Å². The molecule has 0 radical (unpaired) electrons. The number of pyridine rings is 1. The minimum absolute atomic E-state index is 0.0131. The summed E-state index contributed by atoms with van der Waals surface area (Å²) < 4.78 is 42.1. The number of hydrogen-bond donors (Lipinski definition) is 2. The Morgan fingerprint density at radius 3 is 2.78 bits per heavy atom. The Morgan fingerprint density at radius 1 is 1.33 bits per heavy atom. The maximum atomic E-state index is 14.8. The van der Waals surface area contributed by atoms with Gasteiger partial charge in [0.2, 0.25) is 10.0 Å². The Hall–Kier alpha value is -3.22. The number of aryl methyl sites for hydroxylation is 1. The second-order valence-corrected chi connectivity index (χ2v) is 11.5. The fraction of sp³-hybridized carbons (Fsp3) is 0.417. The normalized spacial score (nSPS) is 18.3. The largest absolute Gasteiger partial charge is 0.394 e.